The lowest BCUT2D eigenvalue weighted by molar-refractivity contribution is -0.291. The Kier molecular flexibility index (Phi) is 2.35. The molecule has 0 aromatic carbocycles. The summed E-state index contributed by atoms with van der Waals surface area (Å²) in [5, 5.41) is 7.98. The van der Waals surface area contributed by atoms with Crippen molar-refractivity contribution in [2.24, 2.45) is 0 Å². The van der Waals surface area contributed by atoms with Gasteiger partial charge in [0.15, 0.2) is 0 Å². The summed E-state index contributed by atoms with van der Waals surface area (Å²) < 4.78 is 0. The van der Waals surface area contributed by atoms with E-state index in [4.69, 9.17) is 5.21 Å². The highest BCUT2D eigenvalue weighted by Gasteiger charge is 1.82. The van der Waals surface area contributed by atoms with E-state index in [1.165, 1.54) is 7.11 Å². The van der Waals surface area contributed by atoms with Crippen LogP contribution >= 0.6 is 0 Å². The van der Waals surface area contributed by atoms with Crippen LogP contribution in [-0.2, 0) is 9.63 Å². The van der Waals surface area contributed by atoms with Crippen LogP contribution in [0.5, 0.6) is 0 Å². The van der Waals surface area contributed by atoms with Crippen molar-refractivity contribution in [1.29, 1.82) is 0 Å². The van der Waals surface area contributed by atoms with E-state index in [2.05, 4.69) is 4.84 Å². The molecule has 0 aliphatic heterocycles. The molecule has 0 unspecified atom stereocenters. The summed E-state index contributed by atoms with van der Waals surface area (Å²) in [7, 11) is 1.18. The predicted octanol–water partition coefficient (Wildman–Crippen LogP) is -0.605. The van der Waals surface area contributed by atoms with Gasteiger partial charge >= 0.3 is 0 Å². The Morgan fingerprint density at radius 1 is 2.00 bits per heavy atom. The molecule has 0 heterocycles. The van der Waals surface area contributed by atoms with Crippen molar-refractivity contribution in [2.45, 2.75) is 0 Å². The Morgan fingerprint density at radius 2 is 2.50 bits per heavy atom. The van der Waals surface area contributed by atoms with E-state index in [-0.39, 0.29) is 11.6 Å². The smallest absolute Gasteiger partial charge is 0.261 e. The minimum Gasteiger partial charge on any atom is -0.274 e. The van der Waals surface area contributed by atoms with E-state index in [9.17, 15) is 4.79 Å². The maximum Gasteiger partial charge on any atom is 0.261 e. The summed E-state index contributed by atoms with van der Waals surface area (Å²) in [5.41, 5.74) is 0. The maximum atomic E-state index is 9.29. The van der Waals surface area contributed by atoms with Crippen LogP contribution in [0.25, 0.3) is 0 Å². The molecule has 1 N–H and O–H groups in total. The van der Waals surface area contributed by atoms with Crippen molar-refractivity contribution in [3.05, 3.63) is 0 Å². The van der Waals surface area contributed by atoms with Gasteiger partial charge in [0.05, 0.1) is 7.11 Å². The summed E-state index contributed by atoms with van der Waals surface area (Å²) in [5.74, 6) is 0. The fourth-order valence-electron chi connectivity index (χ4n) is 0.0430. The average Bonchev–Trinajstić information content (AvgIpc) is 1.65. The van der Waals surface area contributed by atoms with Crippen LogP contribution in [-0.4, -0.2) is 24.0 Å². The zero-order valence-electron chi connectivity index (χ0n) is 3.29. The third-order valence-electron chi connectivity index (χ3n) is 0.277. The zero-order valence-corrected chi connectivity index (χ0v) is 3.29. The molecule has 0 aromatic rings. The SMILES string of the molecule is CON(O)C=O. The van der Waals surface area contributed by atoms with Gasteiger partial charge in [0, 0.05) is 0 Å². The second-order valence-electron chi connectivity index (χ2n) is 0.591. The highest BCUT2D eigenvalue weighted by molar-refractivity contribution is 5.42. The van der Waals surface area contributed by atoms with Crippen molar-refractivity contribution < 1.29 is 14.8 Å². The van der Waals surface area contributed by atoms with Gasteiger partial charge in [-0.15, -0.1) is 0 Å². The van der Waals surface area contributed by atoms with Crippen LogP contribution in [0.15, 0.2) is 0 Å². The third-order valence-corrected chi connectivity index (χ3v) is 0.277. The molecule has 0 aliphatic carbocycles. The fourth-order valence-corrected chi connectivity index (χ4v) is 0.0430. The molecule has 0 aromatic heterocycles. The first-order chi connectivity index (χ1) is 2.81. The molecule has 0 saturated heterocycles. The van der Waals surface area contributed by atoms with Crippen LogP contribution in [0.1, 0.15) is 0 Å². The molecule has 0 radical (unpaired) electrons. The molecule has 0 spiro atoms. The topological polar surface area (TPSA) is 49.8 Å². The average molecular weight is 91.1 g/mol. The number of nitrogens with zero attached hydrogens (tertiary/aromatic N) is 1. The van der Waals surface area contributed by atoms with E-state index >= 15 is 0 Å². The van der Waals surface area contributed by atoms with Crippen molar-refractivity contribution >= 4 is 6.41 Å². The second-order valence-corrected chi connectivity index (χ2v) is 0.591. The van der Waals surface area contributed by atoms with E-state index in [0.717, 1.165) is 0 Å². The van der Waals surface area contributed by atoms with Crippen LogP contribution in [0.4, 0.5) is 0 Å². The Morgan fingerprint density at radius 3 is 2.50 bits per heavy atom. The van der Waals surface area contributed by atoms with Crippen LogP contribution in [0.2, 0.25) is 0 Å². The number of hydrogen-bond donors (Lipinski definition) is 1. The van der Waals surface area contributed by atoms with E-state index in [0.29, 0.717) is 0 Å². The standard InChI is InChI=1S/C2H5NO3/c1-6-3(5)2-4/h2,5H,1H3. The van der Waals surface area contributed by atoms with E-state index in [1.807, 2.05) is 0 Å². The van der Waals surface area contributed by atoms with Gasteiger partial charge in [-0.05, 0) is 0 Å². The Labute approximate surface area is 34.8 Å². The molecule has 0 atom stereocenters. The minimum absolute atomic E-state index is 0.0694. The highest BCUT2D eigenvalue weighted by atomic mass is 16.9. The molecule has 0 saturated carbocycles. The number of hydroxylamine groups is 2. The highest BCUT2D eigenvalue weighted by Crippen LogP contribution is 1.65. The largest absolute Gasteiger partial charge is 0.274 e. The first-order valence-corrected chi connectivity index (χ1v) is 1.28. The lowest BCUT2D eigenvalue weighted by Gasteiger charge is -1.99. The normalized spacial score (nSPS) is 7.67. The molecule has 4 nitrogen and oxygen atoms in total. The summed E-state index contributed by atoms with van der Waals surface area (Å²) >= 11 is 0. The first kappa shape index (κ1) is 5.39. The minimum atomic E-state index is 0.0694. The van der Waals surface area contributed by atoms with Gasteiger partial charge in [0.25, 0.3) is 6.41 Å². The van der Waals surface area contributed by atoms with E-state index < -0.39 is 0 Å². The van der Waals surface area contributed by atoms with E-state index in [1.54, 1.807) is 0 Å². The summed E-state index contributed by atoms with van der Waals surface area (Å²) in [6.45, 7) is 0. The summed E-state index contributed by atoms with van der Waals surface area (Å²) in [4.78, 5) is 13.2. The van der Waals surface area contributed by atoms with Crippen LogP contribution in [0.3, 0.4) is 0 Å². The van der Waals surface area contributed by atoms with Gasteiger partial charge in [-0.1, -0.05) is 5.23 Å². The Bertz CT molecular complexity index is 46.1. The lowest BCUT2D eigenvalue weighted by Crippen LogP contribution is -2.13. The molecular formula is C2H5NO3. The van der Waals surface area contributed by atoms with Gasteiger partial charge in [0.2, 0.25) is 0 Å². The fraction of sp³-hybridized carbons (Fsp3) is 0.500. The molecule has 0 bridgehead atoms. The van der Waals surface area contributed by atoms with Gasteiger partial charge in [-0.3, -0.25) is 10.0 Å². The maximum absolute atomic E-state index is 9.29. The quantitative estimate of drug-likeness (QED) is 0.280. The van der Waals surface area contributed by atoms with Crippen LogP contribution in [0, 0.1) is 0 Å². The number of hydrogen-bond acceptors (Lipinski definition) is 3. The van der Waals surface area contributed by atoms with Gasteiger partial charge < -0.3 is 0 Å². The molecule has 0 aliphatic rings. The third kappa shape index (κ3) is 1.68. The zero-order chi connectivity index (χ0) is 4.99. The number of amides is 1. The molecule has 4 heteroatoms. The summed E-state index contributed by atoms with van der Waals surface area (Å²) in [6.07, 6.45) is 0.139. The van der Waals surface area contributed by atoms with Crippen molar-refractivity contribution in [3.63, 3.8) is 0 Å². The number of rotatable bonds is 2. The molecule has 36 valence electrons. The molecule has 6 heavy (non-hydrogen) atoms. The van der Waals surface area contributed by atoms with Crippen LogP contribution < -0.4 is 0 Å². The van der Waals surface area contributed by atoms with Crippen molar-refractivity contribution in [1.82, 2.24) is 5.23 Å². The van der Waals surface area contributed by atoms with Crippen molar-refractivity contribution in [2.75, 3.05) is 7.11 Å². The van der Waals surface area contributed by atoms with Gasteiger partial charge in [-0.25, -0.2) is 4.84 Å². The molecule has 1 amide bonds. The van der Waals surface area contributed by atoms with Gasteiger partial charge in [0.1, 0.15) is 0 Å². The number of carbonyl (C=O) groups excluding carboxylic acids is 1. The Hall–Kier alpha value is -0.610. The predicted molar refractivity (Wildman–Crippen MR) is 16.7 cm³/mol. The Balaban J connectivity index is 2.96. The number of carbonyl (C=O) groups is 1. The van der Waals surface area contributed by atoms with Crippen molar-refractivity contribution in [3.8, 4) is 0 Å². The lowest BCUT2D eigenvalue weighted by atomic mass is 11.4. The molecular weight excluding hydrogens is 86.0 g/mol. The summed E-state index contributed by atoms with van der Waals surface area (Å²) in [6, 6.07) is 0. The monoisotopic (exact) mass is 91.0 g/mol. The first-order valence-electron chi connectivity index (χ1n) is 1.28. The second kappa shape index (κ2) is 2.62. The molecule has 0 rings (SSSR count). The van der Waals surface area contributed by atoms with Gasteiger partial charge in [-0.2, -0.15) is 0 Å². The molecule has 0 fully saturated rings.